The van der Waals surface area contributed by atoms with Gasteiger partial charge in [-0.2, -0.15) is 4.98 Å². The molecule has 0 spiro atoms. The van der Waals surface area contributed by atoms with Crippen LogP contribution in [0.3, 0.4) is 0 Å². The zero-order valence-electron chi connectivity index (χ0n) is 14.2. The minimum atomic E-state index is -0.00414. The van der Waals surface area contributed by atoms with Crippen LogP contribution in [0.1, 0.15) is 28.0 Å². The van der Waals surface area contributed by atoms with Crippen LogP contribution in [0.25, 0.3) is 10.9 Å². The highest BCUT2D eigenvalue weighted by atomic mass is 16.5. The largest absolute Gasteiger partial charge is 0.384 e. The Hall–Kier alpha value is -2.67. The number of carbonyl (C=O) groups is 1. The topological polar surface area (TPSA) is 84.2 Å². The van der Waals surface area contributed by atoms with Crippen molar-refractivity contribution in [3.63, 3.8) is 0 Å². The van der Waals surface area contributed by atoms with E-state index in [0.717, 1.165) is 10.9 Å². The molecule has 3 heterocycles. The van der Waals surface area contributed by atoms with Gasteiger partial charge >= 0.3 is 0 Å². The highest BCUT2D eigenvalue weighted by molar-refractivity contribution is 6.06. The van der Waals surface area contributed by atoms with Crippen LogP contribution < -0.4 is 0 Å². The molecule has 0 bridgehead atoms. The summed E-state index contributed by atoms with van der Waals surface area (Å²) in [5.74, 6) is 1.34. The summed E-state index contributed by atoms with van der Waals surface area (Å²) in [6.07, 6.45) is 1.85. The van der Waals surface area contributed by atoms with Crippen molar-refractivity contribution in [1.82, 2.24) is 20.0 Å². The number of amides is 1. The number of H-pyrrole nitrogens is 1. The van der Waals surface area contributed by atoms with Crippen LogP contribution in [0.4, 0.5) is 0 Å². The number of likely N-dealkylation sites (tertiary alicyclic amines) is 1. The Morgan fingerprint density at radius 3 is 3.04 bits per heavy atom. The van der Waals surface area contributed by atoms with Crippen LogP contribution in [0, 0.1) is 12.8 Å². The van der Waals surface area contributed by atoms with Gasteiger partial charge in [0.1, 0.15) is 0 Å². The van der Waals surface area contributed by atoms with Crippen molar-refractivity contribution in [2.75, 3.05) is 26.8 Å². The van der Waals surface area contributed by atoms with E-state index < -0.39 is 0 Å². The molecule has 7 nitrogen and oxygen atoms in total. The maximum atomic E-state index is 13.1. The number of rotatable bonds is 4. The first-order valence-corrected chi connectivity index (χ1v) is 8.32. The summed E-state index contributed by atoms with van der Waals surface area (Å²) in [5, 5.41) is 4.82. The monoisotopic (exact) mass is 340 g/mol. The van der Waals surface area contributed by atoms with Crippen LogP contribution in [0.15, 0.2) is 35.0 Å². The normalized spacial score (nSPS) is 20.5. The number of carbonyl (C=O) groups excluding carboxylic acids is 1. The molecule has 1 aliphatic heterocycles. The molecule has 3 aromatic rings. The minimum Gasteiger partial charge on any atom is -0.384 e. The van der Waals surface area contributed by atoms with Crippen molar-refractivity contribution in [2.24, 2.45) is 5.92 Å². The molecule has 1 aromatic carbocycles. The van der Waals surface area contributed by atoms with E-state index in [-0.39, 0.29) is 17.7 Å². The average molecular weight is 340 g/mol. The van der Waals surface area contributed by atoms with E-state index in [1.165, 1.54) is 0 Å². The molecule has 1 saturated heterocycles. The number of ether oxygens (including phenoxy) is 1. The number of hydrogen-bond donors (Lipinski definition) is 1. The molecule has 1 amide bonds. The van der Waals surface area contributed by atoms with Gasteiger partial charge in [0.25, 0.3) is 5.91 Å². The summed E-state index contributed by atoms with van der Waals surface area (Å²) in [4.78, 5) is 22.5. The Kier molecular flexibility index (Phi) is 4.01. The van der Waals surface area contributed by atoms with Crippen LogP contribution in [0.5, 0.6) is 0 Å². The number of aromatic amines is 1. The third kappa shape index (κ3) is 2.80. The van der Waals surface area contributed by atoms with Gasteiger partial charge in [-0.3, -0.25) is 4.79 Å². The predicted molar refractivity (Wildman–Crippen MR) is 91.3 cm³/mol. The molecule has 0 radical (unpaired) electrons. The molecule has 2 atom stereocenters. The first-order valence-electron chi connectivity index (χ1n) is 8.32. The SMILES string of the molecule is COC[C@@H]1CN(C(=O)c2cccc3[nH]ccc23)C[C@H]1c1nc(C)no1. The molecule has 2 aromatic heterocycles. The smallest absolute Gasteiger partial charge is 0.254 e. The van der Waals surface area contributed by atoms with Crippen LogP contribution in [0.2, 0.25) is 0 Å². The molecule has 25 heavy (non-hydrogen) atoms. The first kappa shape index (κ1) is 15.8. The fourth-order valence-electron chi connectivity index (χ4n) is 3.61. The summed E-state index contributed by atoms with van der Waals surface area (Å²) >= 11 is 0. The number of nitrogens with zero attached hydrogens (tertiary/aromatic N) is 3. The summed E-state index contributed by atoms with van der Waals surface area (Å²) in [6, 6.07) is 7.67. The number of benzene rings is 1. The molecular formula is C18H20N4O3. The molecule has 0 aliphatic carbocycles. The summed E-state index contributed by atoms with van der Waals surface area (Å²) in [5.41, 5.74) is 1.67. The van der Waals surface area contributed by atoms with E-state index in [1.807, 2.05) is 35.4 Å². The van der Waals surface area contributed by atoms with Gasteiger partial charge in [-0.1, -0.05) is 11.2 Å². The second-order valence-corrected chi connectivity index (χ2v) is 6.46. The van der Waals surface area contributed by atoms with Gasteiger partial charge in [-0.05, 0) is 25.1 Å². The average Bonchev–Trinajstić information content (AvgIpc) is 3.33. The number of fused-ring (bicyclic) bond motifs is 1. The Bertz CT molecular complexity index is 901. The van der Waals surface area contributed by atoms with E-state index in [2.05, 4.69) is 15.1 Å². The zero-order chi connectivity index (χ0) is 17.4. The van der Waals surface area contributed by atoms with Gasteiger partial charge in [0.15, 0.2) is 5.82 Å². The van der Waals surface area contributed by atoms with Gasteiger partial charge in [0.05, 0.1) is 12.5 Å². The van der Waals surface area contributed by atoms with Gasteiger partial charge in [0.2, 0.25) is 5.89 Å². The standard InChI is InChI=1S/C18H20N4O3/c1-11-20-17(25-21-11)15-9-22(8-12(15)10-24-2)18(23)14-4-3-5-16-13(14)6-7-19-16/h3-7,12,15,19H,8-10H2,1-2H3/t12-,15+/m0/s1. The second kappa shape index (κ2) is 6.33. The molecule has 7 heteroatoms. The van der Waals surface area contributed by atoms with E-state index in [1.54, 1.807) is 14.0 Å². The summed E-state index contributed by atoms with van der Waals surface area (Å²) in [7, 11) is 1.67. The molecule has 1 N–H and O–H groups in total. The number of hydrogen-bond acceptors (Lipinski definition) is 5. The van der Waals surface area contributed by atoms with Crippen molar-refractivity contribution >= 4 is 16.8 Å². The van der Waals surface area contributed by atoms with Crippen LogP contribution in [-0.2, 0) is 4.74 Å². The Labute approximate surface area is 145 Å². The molecule has 1 fully saturated rings. The number of nitrogens with one attached hydrogen (secondary N) is 1. The van der Waals surface area contributed by atoms with Gasteiger partial charge in [0, 0.05) is 48.8 Å². The van der Waals surface area contributed by atoms with Crippen molar-refractivity contribution in [2.45, 2.75) is 12.8 Å². The van der Waals surface area contributed by atoms with Crippen molar-refractivity contribution in [3.05, 3.63) is 47.7 Å². The molecular weight excluding hydrogens is 320 g/mol. The number of methoxy groups -OCH3 is 1. The van der Waals surface area contributed by atoms with Gasteiger partial charge < -0.3 is 19.1 Å². The predicted octanol–water partition coefficient (Wildman–Crippen LogP) is 2.36. The summed E-state index contributed by atoms with van der Waals surface area (Å²) in [6.45, 7) is 3.50. The highest BCUT2D eigenvalue weighted by Crippen LogP contribution is 2.33. The molecule has 0 unspecified atom stereocenters. The van der Waals surface area contributed by atoms with E-state index >= 15 is 0 Å². The Balaban J connectivity index is 1.62. The fourth-order valence-corrected chi connectivity index (χ4v) is 3.61. The number of aryl methyl sites for hydroxylation is 1. The number of aromatic nitrogens is 3. The van der Waals surface area contributed by atoms with E-state index in [4.69, 9.17) is 9.26 Å². The van der Waals surface area contributed by atoms with Crippen molar-refractivity contribution in [1.29, 1.82) is 0 Å². The minimum absolute atomic E-state index is 0.00414. The maximum Gasteiger partial charge on any atom is 0.254 e. The molecule has 0 saturated carbocycles. The second-order valence-electron chi connectivity index (χ2n) is 6.46. The molecule has 130 valence electrons. The lowest BCUT2D eigenvalue weighted by molar-refractivity contribution is 0.0777. The van der Waals surface area contributed by atoms with Crippen molar-refractivity contribution in [3.8, 4) is 0 Å². The van der Waals surface area contributed by atoms with Crippen LogP contribution >= 0.6 is 0 Å². The van der Waals surface area contributed by atoms with Gasteiger partial charge in [-0.25, -0.2) is 0 Å². The lowest BCUT2D eigenvalue weighted by Gasteiger charge is -2.17. The van der Waals surface area contributed by atoms with Crippen molar-refractivity contribution < 1.29 is 14.1 Å². The Morgan fingerprint density at radius 1 is 1.40 bits per heavy atom. The quantitative estimate of drug-likeness (QED) is 0.788. The fraction of sp³-hybridized carbons (Fsp3) is 0.389. The maximum absolute atomic E-state index is 13.1. The third-order valence-electron chi connectivity index (χ3n) is 4.79. The van der Waals surface area contributed by atoms with Crippen LogP contribution in [-0.4, -0.2) is 52.7 Å². The van der Waals surface area contributed by atoms with Gasteiger partial charge in [-0.15, -0.1) is 0 Å². The highest BCUT2D eigenvalue weighted by Gasteiger charge is 2.39. The van der Waals surface area contributed by atoms with E-state index in [9.17, 15) is 4.79 Å². The molecule has 1 aliphatic rings. The zero-order valence-corrected chi connectivity index (χ0v) is 14.2. The molecule has 4 rings (SSSR count). The Morgan fingerprint density at radius 2 is 2.28 bits per heavy atom. The third-order valence-corrected chi connectivity index (χ3v) is 4.79. The lowest BCUT2D eigenvalue weighted by Crippen LogP contribution is -2.29. The lowest BCUT2D eigenvalue weighted by atomic mass is 9.97. The first-order chi connectivity index (χ1) is 12.2. The summed E-state index contributed by atoms with van der Waals surface area (Å²) < 4.78 is 10.7. The van der Waals surface area contributed by atoms with E-state index in [0.29, 0.717) is 37.0 Å².